The third-order valence-electron chi connectivity index (χ3n) is 5.56. The lowest BCUT2D eigenvalue weighted by Crippen LogP contribution is -2.61. The van der Waals surface area contributed by atoms with Crippen molar-refractivity contribution in [1.29, 1.82) is 0 Å². The molecule has 0 aliphatic heterocycles. The number of nitrogens with one attached hydrogen (secondary N) is 1. The SMILES string of the molecule is Cc1ccc(OCc2noc(C3(C)CC(C)(NC(=O)COc4ccc(Cl)cc4)C3)n2)cc1. The zero-order valence-corrected chi connectivity index (χ0v) is 19.1. The molecule has 1 N–H and O–H groups in total. The van der Waals surface area contributed by atoms with E-state index in [1.54, 1.807) is 24.3 Å². The van der Waals surface area contributed by atoms with Crippen LogP contribution >= 0.6 is 11.6 Å². The van der Waals surface area contributed by atoms with Crippen molar-refractivity contribution in [2.75, 3.05) is 6.61 Å². The molecule has 168 valence electrons. The number of benzene rings is 2. The zero-order chi connectivity index (χ0) is 22.8. The van der Waals surface area contributed by atoms with E-state index < -0.39 is 0 Å². The van der Waals surface area contributed by atoms with E-state index in [2.05, 4.69) is 22.4 Å². The molecule has 1 aliphatic carbocycles. The normalized spacial score (nSPS) is 22.1. The number of hydrogen-bond acceptors (Lipinski definition) is 6. The van der Waals surface area contributed by atoms with E-state index in [1.165, 1.54) is 5.56 Å². The van der Waals surface area contributed by atoms with Gasteiger partial charge in [0.05, 0.1) is 5.41 Å². The first kappa shape index (κ1) is 22.1. The second-order valence-corrected chi connectivity index (χ2v) is 9.32. The Labute approximate surface area is 192 Å². The number of aryl methyl sites for hydroxylation is 1. The summed E-state index contributed by atoms with van der Waals surface area (Å²) in [4.78, 5) is 16.9. The van der Waals surface area contributed by atoms with Crippen molar-refractivity contribution in [3.05, 3.63) is 70.8 Å². The number of carbonyl (C=O) groups is 1. The van der Waals surface area contributed by atoms with Gasteiger partial charge in [-0.25, -0.2) is 0 Å². The molecule has 0 spiro atoms. The zero-order valence-electron chi connectivity index (χ0n) is 18.4. The van der Waals surface area contributed by atoms with E-state index >= 15 is 0 Å². The number of carbonyl (C=O) groups excluding carboxylic acids is 1. The van der Waals surface area contributed by atoms with Gasteiger partial charge < -0.3 is 19.3 Å². The molecule has 32 heavy (non-hydrogen) atoms. The van der Waals surface area contributed by atoms with Gasteiger partial charge in [0.1, 0.15) is 11.5 Å². The first-order valence-corrected chi connectivity index (χ1v) is 10.8. The van der Waals surface area contributed by atoms with Crippen LogP contribution < -0.4 is 14.8 Å². The van der Waals surface area contributed by atoms with Crippen LogP contribution in [0.25, 0.3) is 0 Å². The van der Waals surface area contributed by atoms with Gasteiger partial charge in [-0.05, 0) is 63.1 Å². The number of hydrogen-bond donors (Lipinski definition) is 1. The Morgan fingerprint density at radius 2 is 1.69 bits per heavy atom. The Hall–Kier alpha value is -3.06. The lowest BCUT2D eigenvalue weighted by Gasteiger charge is -2.51. The fourth-order valence-corrected chi connectivity index (χ4v) is 4.43. The van der Waals surface area contributed by atoms with Gasteiger partial charge in [0.15, 0.2) is 13.2 Å². The predicted octanol–water partition coefficient (Wildman–Crippen LogP) is 4.62. The minimum Gasteiger partial charge on any atom is -0.485 e. The van der Waals surface area contributed by atoms with Crippen molar-refractivity contribution in [2.45, 2.75) is 51.2 Å². The van der Waals surface area contributed by atoms with Crippen LogP contribution in [0, 0.1) is 6.92 Å². The van der Waals surface area contributed by atoms with Crippen LogP contribution in [0.5, 0.6) is 11.5 Å². The maximum Gasteiger partial charge on any atom is 0.258 e. The second-order valence-electron chi connectivity index (χ2n) is 8.88. The molecule has 1 saturated carbocycles. The van der Waals surface area contributed by atoms with E-state index in [-0.39, 0.29) is 30.1 Å². The van der Waals surface area contributed by atoms with E-state index in [0.29, 0.717) is 35.3 Å². The number of aromatic nitrogens is 2. The number of rotatable bonds is 8. The van der Waals surface area contributed by atoms with Gasteiger partial charge >= 0.3 is 0 Å². The number of amides is 1. The topological polar surface area (TPSA) is 86.5 Å². The highest BCUT2D eigenvalue weighted by atomic mass is 35.5. The molecular weight excluding hydrogens is 430 g/mol. The Morgan fingerprint density at radius 3 is 2.38 bits per heavy atom. The van der Waals surface area contributed by atoms with Crippen molar-refractivity contribution < 1.29 is 18.8 Å². The Morgan fingerprint density at radius 1 is 1.06 bits per heavy atom. The number of halogens is 1. The molecule has 0 radical (unpaired) electrons. The summed E-state index contributed by atoms with van der Waals surface area (Å²) in [5, 5.41) is 7.72. The highest BCUT2D eigenvalue weighted by molar-refractivity contribution is 6.30. The van der Waals surface area contributed by atoms with Gasteiger partial charge in [-0.2, -0.15) is 4.98 Å². The smallest absolute Gasteiger partial charge is 0.258 e. The van der Waals surface area contributed by atoms with E-state index in [0.717, 1.165) is 5.75 Å². The van der Waals surface area contributed by atoms with Crippen LogP contribution in [0.2, 0.25) is 5.02 Å². The first-order valence-electron chi connectivity index (χ1n) is 10.5. The van der Waals surface area contributed by atoms with Crippen LogP contribution in [-0.4, -0.2) is 28.2 Å². The summed E-state index contributed by atoms with van der Waals surface area (Å²) < 4.78 is 16.7. The van der Waals surface area contributed by atoms with E-state index in [4.69, 9.17) is 25.6 Å². The molecule has 7 nitrogen and oxygen atoms in total. The Bertz CT molecular complexity index is 1070. The molecule has 0 bridgehead atoms. The van der Waals surface area contributed by atoms with Crippen molar-refractivity contribution in [3.8, 4) is 11.5 Å². The van der Waals surface area contributed by atoms with Gasteiger partial charge in [-0.15, -0.1) is 0 Å². The van der Waals surface area contributed by atoms with Gasteiger partial charge in [-0.3, -0.25) is 4.79 Å². The highest BCUT2D eigenvalue weighted by Crippen LogP contribution is 2.49. The summed E-state index contributed by atoms with van der Waals surface area (Å²) in [5.41, 5.74) is 0.514. The second kappa shape index (κ2) is 8.82. The van der Waals surface area contributed by atoms with Crippen molar-refractivity contribution in [3.63, 3.8) is 0 Å². The maximum absolute atomic E-state index is 12.4. The number of nitrogens with zero attached hydrogens (tertiary/aromatic N) is 2. The molecule has 4 rings (SSSR count). The summed E-state index contributed by atoms with van der Waals surface area (Å²) in [5.74, 6) is 2.23. The Balaban J connectivity index is 1.26. The quantitative estimate of drug-likeness (QED) is 0.533. The van der Waals surface area contributed by atoms with Gasteiger partial charge in [0.2, 0.25) is 11.7 Å². The molecule has 0 unspecified atom stereocenters. The molecule has 1 aromatic heterocycles. The van der Waals surface area contributed by atoms with Crippen molar-refractivity contribution >= 4 is 17.5 Å². The average Bonchev–Trinajstić information content (AvgIpc) is 3.21. The summed E-state index contributed by atoms with van der Waals surface area (Å²) >= 11 is 5.86. The molecule has 1 fully saturated rings. The molecule has 1 aliphatic rings. The maximum atomic E-state index is 12.4. The van der Waals surface area contributed by atoms with Crippen molar-refractivity contribution in [2.24, 2.45) is 0 Å². The molecule has 8 heteroatoms. The summed E-state index contributed by atoms with van der Waals surface area (Å²) in [6, 6.07) is 14.7. The van der Waals surface area contributed by atoms with Gasteiger partial charge in [0, 0.05) is 10.6 Å². The molecule has 0 saturated heterocycles. The monoisotopic (exact) mass is 455 g/mol. The number of ether oxygens (including phenoxy) is 2. The molecular formula is C24H26ClN3O4. The molecule has 1 heterocycles. The minimum absolute atomic E-state index is 0.0605. The predicted molar refractivity (Wildman–Crippen MR) is 120 cm³/mol. The minimum atomic E-state index is -0.359. The van der Waals surface area contributed by atoms with Gasteiger partial charge in [0.25, 0.3) is 5.91 Å². The highest BCUT2D eigenvalue weighted by Gasteiger charge is 2.53. The van der Waals surface area contributed by atoms with E-state index in [9.17, 15) is 4.79 Å². The summed E-state index contributed by atoms with van der Waals surface area (Å²) in [6.07, 6.45) is 1.38. The molecule has 2 aromatic carbocycles. The largest absolute Gasteiger partial charge is 0.485 e. The van der Waals surface area contributed by atoms with Gasteiger partial charge in [-0.1, -0.05) is 41.4 Å². The standard InChI is InChI=1S/C24H26ClN3O4/c1-16-4-8-18(9-5-16)30-12-20-26-22(32-28-20)23(2)14-24(3,15-23)27-21(29)13-31-19-10-6-17(25)7-11-19/h4-11H,12-15H2,1-3H3,(H,27,29). The van der Waals surface area contributed by atoms with Crippen molar-refractivity contribution in [1.82, 2.24) is 15.5 Å². The summed E-state index contributed by atoms with van der Waals surface area (Å²) in [7, 11) is 0. The first-order chi connectivity index (χ1) is 15.2. The average molecular weight is 456 g/mol. The third kappa shape index (κ3) is 5.22. The fraction of sp³-hybridized carbons (Fsp3) is 0.375. The van der Waals surface area contributed by atoms with Crippen LogP contribution in [0.4, 0.5) is 0 Å². The lowest BCUT2D eigenvalue weighted by atomic mass is 9.59. The van der Waals surface area contributed by atoms with Crippen LogP contribution in [0.3, 0.4) is 0 Å². The molecule has 0 atom stereocenters. The van der Waals surface area contributed by atoms with Crippen LogP contribution in [0.1, 0.15) is 44.0 Å². The van der Waals surface area contributed by atoms with E-state index in [1.807, 2.05) is 38.1 Å². The third-order valence-corrected chi connectivity index (χ3v) is 5.81. The van der Waals surface area contributed by atoms with Crippen LogP contribution in [-0.2, 0) is 16.8 Å². The fourth-order valence-electron chi connectivity index (χ4n) is 4.30. The summed E-state index contributed by atoms with van der Waals surface area (Å²) in [6.45, 7) is 6.26. The Kier molecular flexibility index (Phi) is 6.11. The molecule has 3 aromatic rings. The van der Waals surface area contributed by atoms with Crippen LogP contribution in [0.15, 0.2) is 53.1 Å². The molecule has 1 amide bonds. The lowest BCUT2D eigenvalue weighted by molar-refractivity contribution is -0.127.